The molecule has 1 unspecified atom stereocenters. The van der Waals surface area contributed by atoms with E-state index in [9.17, 15) is 5.11 Å². The number of aliphatic hydroxyl groups is 1. The molecule has 1 saturated heterocycles. The molecule has 0 amide bonds. The van der Waals surface area contributed by atoms with E-state index in [1.807, 2.05) is 32.0 Å². The summed E-state index contributed by atoms with van der Waals surface area (Å²) < 4.78 is 5.83. The van der Waals surface area contributed by atoms with Crippen molar-refractivity contribution in [3.05, 3.63) is 24.0 Å². The van der Waals surface area contributed by atoms with Gasteiger partial charge in [0.25, 0.3) is 0 Å². The van der Waals surface area contributed by atoms with E-state index in [4.69, 9.17) is 10.5 Å². The topological polar surface area (TPSA) is 87.4 Å². The Bertz CT molecular complexity index is 638. The molecule has 0 radical (unpaired) electrons. The SMILES string of the molecule is CC1(C)CN(Cc2nc3ccc(N)cc3[nH]2)CC(CO)O1. The zero-order valence-electron chi connectivity index (χ0n) is 12.5. The Morgan fingerprint density at radius 1 is 1.52 bits per heavy atom. The van der Waals surface area contributed by atoms with Crippen LogP contribution in [0.3, 0.4) is 0 Å². The van der Waals surface area contributed by atoms with E-state index in [0.717, 1.165) is 29.1 Å². The lowest BCUT2D eigenvalue weighted by molar-refractivity contribution is -0.151. The number of rotatable bonds is 3. The van der Waals surface area contributed by atoms with E-state index in [1.165, 1.54) is 0 Å². The third kappa shape index (κ3) is 3.18. The number of hydrogen-bond donors (Lipinski definition) is 3. The van der Waals surface area contributed by atoms with Gasteiger partial charge in [-0.3, -0.25) is 4.90 Å². The number of aliphatic hydroxyl groups excluding tert-OH is 1. The number of nitrogens with zero attached hydrogens (tertiary/aromatic N) is 2. The molecule has 0 bridgehead atoms. The molecule has 1 aliphatic heterocycles. The second kappa shape index (κ2) is 5.29. The fourth-order valence-electron chi connectivity index (χ4n) is 3.00. The van der Waals surface area contributed by atoms with Gasteiger partial charge in [-0.1, -0.05) is 0 Å². The number of benzene rings is 1. The molecular weight excluding hydrogens is 268 g/mol. The maximum atomic E-state index is 9.36. The van der Waals surface area contributed by atoms with Crippen molar-refractivity contribution in [1.29, 1.82) is 0 Å². The summed E-state index contributed by atoms with van der Waals surface area (Å²) in [5.41, 5.74) is 8.13. The minimum Gasteiger partial charge on any atom is -0.399 e. The van der Waals surface area contributed by atoms with E-state index >= 15 is 0 Å². The van der Waals surface area contributed by atoms with Gasteiger partial charge in [0.2, 0.25) is 0 Å². The molecule has 1 aliphatic rings. The lowest BCUT2D eigenvalue weighted by Gasteiger charge is -2.42. The Kier molecular flexibility index (Phi) is 3.61. The first-order valence-electron chi connectivity index (χ1n) is 7.20. The van der Waals surface area contributed by atoms with E-state index in [1.54, 1.807) is 0 Å². The monoisotopic (exact) mass is 290 g/mol. The van der Waals surface area contributed by atoms with Crippen LogP contribution >= 0.6 is 0 Å². The van der Waals surface area contributed by atoms with Crippen LogP contribution in [0, 0.1) is 0 Å². The molecule has 4 N–H and O–H groups in total. The number of hydrogen-bond acceptors (Lipinski definition) is 5. The fourth-order valence-corrected chi connectivity index (χ4v) is 3.00. The molecule has 0 aliphatic carbocycles. The van der Waals surface area contributed by atoms with Crippen molar-refractivity contribution in [2.45, 2.75) is 32.1 Å². The summed E-state index contributed by atoms with van der Waals surface area (Å²) in [6.07, 6.45) is -0.145. The zero-order chi connectivity index (χ0) is 15.0. The molecule has 0 spiro atoms. The third-order valence-electron chi connectivity index (χ3n) is 3.68. The molecule has 6 heteroatoms. The van der Waals surface area contributed by atoms with Gasteiger partial charge in [0, 0.05) is 18.8 Å². The maximum Gasteiger partial charge on any atom is 0.121 e. The van der Waals surface area contributed by atoms with Crippen molar-refractivity contribution in [3.63, 3.8) is 0 Å². The highest BCUT2D eigenvalue weighted by molar-refractivity contribution is 5.78. The molecule has 1 atom stereocenters. The van der Waals surface area contributed by atoms with Gasteiger partial charge in [0.1, 0.15) is 5.82 Å². The molecule has 114 valence electrons. The van der Waals surface area contributed by atoms with Crippen molar-refractivity contribution in [1.82, 2.24) is 14.9 Å². The number of H-pyrrole nitrogens is 1. The molecule has 1 aromatic heterocycles. The first-order chi connectivity index (χ1) is 9.95. The number of imidazole rings is 1. The fraction of sp³-hybridized carbons (Fsp3) is 0.533. The van der Waals surface area contributed by atoms with Crippen LogP contribution in [0.25, 0.3) is 11.0 Å². The Balaban J connectivity index is 1.77. The van der Waals surface area contributed by atoms with Crippen LogP contribution < -0.4 is 5.73 Å². The van der Waals surface area contributed by atoms with E-state index in [0.29, 0.717) is 13.1 Å². The standard InChI is InChI=1S/C15H22N4O2/c1-15(2)9-19(6-11(8-20)21-15)7-14-17-12-4-3-10(16)5-13(12)18-14/h3-5,11,20H,6-9,16H2,1-2H3,(H,17,18). The second-order valence-electron chi connectivity index (χ2n) is 6.31. The molecule has 0 saturated carbocycles. The highest BCUT2D eigenvalue weighted by atomic mass is 16.5. The summed E-state index contributed by atoms with van der Waals surface area (Å²) in [5.74, 6) is 0.907. The molecule has 1 aromatic carbocycles. The number of fused-ring (bicyclic) bond motifs is 1. The number of nitrogens with two attached hydrogens (primary N) is 1. The first kappa shape index (κ1) is 14.3. The smallest absolute Gasteiger partial charge is 0.121 e. The Hall–Kier alpha value is -1.63. The average molecular weight is 290 g/mol. The molecule has 21 heavy (non-hydrogen) atoms. The highest BCUT2D eigenvalue weighted by Crippen LogP contribution is 2.23. The van der Waals surface area contributed by atoms with Crippen molar-refractivity contribution in [2.75, 3.05) is 25.4 Å². The van der Waals surface area contributed by atoms with Crippen molar-refractivity contribution >= 4 is 16.7 Å². The number of nitrogen functional groups attached to an aromatic ring is 1. The van der Waals surface area contributed by atoms with Gasteiger partial charge in [-0.15, -0.1) is 0 Å². The van der Waals surface area contributed by atoms with Crippen LogP contribution in [0.4, 0.5) is 5.69 Å². The van der Waals surface area contributed by atoms with E-state index in [2.05, 4.69) is 14.9 Å². The number of ether oxygens (including phenoxy) is 1. The summed E-state index contributed by atoms with van der Waals surface area (Å²) in [6, 6.07) is 5.67. The molecule has 1 fully saturated rings. The molecule has 2 heterocycles. The number of nitrogens with one attached hydrogen (secondary N) is 1. The second-order valence-corrected chi connectivity index (χ2v) is 6.31. The van der Waals surface area contributed by atoms with Crippen molar-refractivity contribution in [2.24, 2.45) is 0 Å². The van der Waals surface area contributed by atoms with E-state index in [-0.39, 0.29) is 18.3 Å². The Morgan fingerprint density at radius 3 is 3.10 bits per heavy atom. The summed E-state index contributed by atoms with van der Waals surface area (Å²) in [7, 11) is 0. The summed E-state index contributed by atoms with van der Waals surface area (Å²) >= 11 is 0. The van der Waals surface area contributed by atoms with Gasteiger partial charge in [-0.2, -0.15) is 0 Å². The third-order valence-corrected chi connectivity index (χ3v) is 3.68. The predicted octanol–water partition coefficient (Wildman–Crippen LogP) is 1.12. The van der Waals surface area contributed by atoms with Crippen LogP contribution in [0.15, 0.2) is 18.2 Å². The minimum absolute atomic E-state index is 0.0383. The summed E-state index contributed by atoms with van der Waals surface area (Å²) in [6.45, 7) is 6.35. The largest absolute Gasteiger partial charge is 0.399 e. The lowest BCUT2D eigenvalue weighted by Crippen LogP contribution is -2.53. The molecular formula is C15H22N4O2. The van der Waals surface area contributed by atoms with Crippen LogP contribution in [-0.4, -0.2) is 51.4 Å². The Morgan fingerprint density at radius 2 is 2.33 bits per heavy atom. The van der Waals surface area contributed by atoms with Crippen molar-refractivity contribution in [3.8, 4) is 0 Å². The highest BCUT2D eigenvalue weighted by Gasteiger charge is 2.33. The van der Waals surface area contributed by atoms with E-state index < -0.39 is 0 Å². The minimum atomic E-state index is -0.262. The number of anilines is 1. The van der Waals surface area contributed by atoms with Crippen molar-refractivity contribution < 1.29 is 9.84 Å². The quantitative estimate of drug-likeness (QED) is 0.737. The molecule has 6 nitrogen and oxygen atoms in total. The van der Waals surface area contributed by atoms with Crippen LogP contribution in [0.1, 0.15) is 19.7 Å². The summed E-state index contributed by atoms with van der Waals surface area (Å²) in [4.78, 5) is 10.2. The van der Waals surface area contributed by atoms with Gasteiger partial charge in [0.15, 0.2) is 0 Å². The number of morpholine rings is 1. The number of aromatic amines is 1. The number of aromatic nitrogens is 2. The van der Waals surface area contributed by atoms with Gasteiger partial charge in [-0.25, -0.2) is 4.98 Å². The lowest BCUT2D eigenvalue weighted by atomic mass is 10.1. The van der Waals surface area contributed by atoms with Gasteiger partial charge in [0.05, 0.1) is 35.9 Å². The average Bonchev–Trinajstić information content (AvgIpc) is 2.77. The van der Waals surface area contributed by atoms with Gasteiger partial charge < -0.3 is 20.6 Å². The maximum absolute atomic E-state index is 9.36. The Labute approximate surface area is 123 Å². The van der Waals surface area contributed by atoms with Crippen LogP contribution in [0.5, 0.6) is 0 Å². The zero-order valence-corrected chi connectivity index (χ0v) is 12.5. The molecule has 2 aromatic rings. The molecule has 3 rings (SSSR count). The van der Waals surface area contributed by atoms with Crippen LogP contribution in [-0.2, 0) is 11.3 Å². The van der Waals surface area contributed by atoms with Gasteiger partial charge >= 0.3 is 0 Å². The first-order valence-corrected chi connectivity index (χ1v) is 7.20. The summed E-state index contributed by atoms with van der Waals surface area (Å²) in [5, 5.41) is 9.36. The van der Waals surface area contributed by atoms with Gasteiger partial charge in [-0.05, 0) is 32.0 Å². The normalized spacial score (nSPS) is 22.7. The predicted molar refractivity (Wildman–Crippen MR) is 81.8 cm³/mol. The van der Waals surface area contributed by atoms with Crippen LogP contribution in [0.2, 0.25) is 0 Å².